The van der Waals surface area contributed by atoms with Gasteiger partial charge >= 0.3 is 0 Å². The fourth-order valence-corrected chi connectivity index (χ4v) is 4.45. The molecule has 1 aliphatic heterocycles. The van der Waals surface area contributed by atoms with Crippen LogP contribution in [-0.2, 0) is 13.0 Å². The highest BCUT2D eigenvalue weighted by Gasteiger charge is 2.44. The number of hydrogen-bond acceptors (Lipinski definition) is 3. The van der Waals surface area contributed by atoms with E-state index < -0.39 is 0 Å². The molecule has 118 valence electrons. The predicted octanol–water partition coefficient (Wildman–Crippen LogP) is 2.57. The highest BCUT2D eigenvalue weighted by Crippen LogP contribution is 2.39. The Hall–Kier alpha value is -0.870. The molecule has 3 rings (SSSR count). The number of aromatic nitrogens is 2. The molecule has 1 aliphatic carbocycles. The van der Waals surface area contributed by atoms with Gasteiger partial charge in [-0.3, -0.25) is 4.90 Å². The summed E-state index contributed by atoms with van der Waals surface area (Å²) in [6.07, 6.45) is 14.2. The molecule has 2 N–H and O–H groups in total. The summed E-state index contributed by atoms with van der Waals surface area (Å²) in [6, 6.07) is 0.214. The van der Waals surface area contributed by atoms with Gasteiger partial charge in [0.25, 0.3) is 0 Å². The molecule has 2 fully saturated rings. The van der Waals surface area contributed by atoms with Crippen molar-refractivity contribution in [2.45, 2.75) is 76.4 Å². The molecule has 0 radical (unpaired) electrons. The van der Waals surface area contributed by atoms with Crippen LogP contribution in [0.4, 0.5) is 0 Å². The van der Waals surface area contributed by atoms with Crippen LogP contribution < -0.4 is 5.73 Å². The maximum Gasteiger partial charge on any atom is 0.110 e. The quantitative estimate of drug-likeness (QED) is 0.906. The van der Waals surface area contributed by atoms with Gasteiger partial charge in [-0.25, -0.2) is 4.98 Å². The largest absolute Gasteiger partial charge is 0.335 e. The molecule has 0 aromatic carbocycles. The molecule has 21 heavy (non-hydrogen) atoms. The van der Waals surface area contributed by atoms with Crippen molar-refractivity contribution in [1.82, 2.24) is 14.5 Å². The van der Waals surface area contributed by atoms with Crippen molar-refractivity contribution in [2.75, 3.05) is 13.1 Å². The van der Waals surface area contributed by atoms with Gasteiger partial charge in [0, 0.05) is 36.9 Å². The van der Waals surface area contributed by atoms with E-state index in [0.717, 1.165) is 18.8 Å². The zero-order valence-corrected chi connectivity index (χ0v) is 13.4. The minimum atomic E-state index is 0.214. The SMILES string of the molecule is CCn1ccnc1CC(N)C1(N2CCCCC2)CCCC1. The first kappa shape index (κ1) is 15.0. The predicted molar refractivity (Wildman–Crippen MR) is 86.2 cm³/mol. The molecule has 2 aliphatic rings. The minimum absolute atomic E-state index is 0.214. The lowest BCUT2D eigenvalue weighted by Crippen LogP contribution is -2.60. The molecule has 1 saturated carbocycles. The first-order chi connectivity index (χ1) is 10.3. The fraction of sp³-hybridized carbons (Fsp3) is 0.824. The molecule has 0 bridgehead atoms. The van der Waals surface area contributed by atoms with E-state index in [-0.39, 0.29) is 11.6 Å². The van der Waals surface area contributed by atoms with Crippen LogP contribution in [0.5, 0.6) is 0 Å². The van der Waals surface area contributed by atoms with Crippen LogP contribution >= 0.6 is 0 Å². The maximum absolute atomic E-state index is 6.76. The van der Waals surface area contributed by atoms with Gasteiger partial charge in [0.05, 0.1) is 0 Å². The van der Waals surface area contributed by atoms with Crippen molar-refractivity contribution < 1.29 is 0 Å². The summed E-state index contributed by atoms with van der Waals surface area (Å²) in [6.45, 7) is 5.65. The van der Waals surface area contributed by atoms with Crippen LogP contribution in [0.3, 0.4) is 0 Å². The number of hydrogen-bond donors (Lipinski definition) is 1. The van der Waals surface area contributed by atoms with Crippen LogP contribution in [0.25, 0.3) is 0 Å². The summed E-state index contributed by atoms with van der Waals surface area (Å²) in [5.41, 5.74) is 7.01. The second kappa shape index (κ2) is 6.49. The van der Waals surface area contributed by atoms with E-state index in [1.54, 1.807) is 0 Å². The molecular weight excluding hydrogens is 260 g/mol. The van der Waals surface area contributed by atoms with Crippen molar-refractivity contribution in [3.05, 3.63) is 18.2 Å². The number of piperidine rings is 1. The van der Waals surface area contributed by atoms with Gasteiger partial charge in [-0.05, 0) is 45.7 Å². The van der Waals surface area contributed by atoms with Crippen molar-refractivity contribution in [3.8, 4) is 0 Å². The summed E-state index contributed by atoms with van der Waals surface area (Å²) >= 11 is 0. The Bertz CT molecular complexity index is 441. The fourth-order valence-electron chi connectivity index (χ4n) is 4.45. The summed E-state index contributed by atoms with van der Waals surface area (Å²) in [7, 11) is 0. The topological polar surface area (TPSA) is 47.1 Å². The average molecular weight is 290 g/mol. The van der Waals surface area contributed by atoms with Gasteiger partial charge in [0.15, 0.2) is 0 Å². The molecule has 1 saturated heterocycles. The Morgan fingerprint density at radius 3 is 2.57 bits per heavy atom. The standard InChI is InChI=1S/C17H30N4/c1-2-20-13-10-19-16(20)14-15(18)17(8-4-5-9-17)21-11-6-3-7-12-21/h10,13,15H,2-9,11-12,14,18H2,1H3. The molecule has 2 heterocycles. The molecule has 4 heteroatoms. The van der Waals surface area contributed by atoms with Gasteiger partial charge in [-0.15, -0.1) is 0 Å². The van der Waals surface area contributed by atoms with E-state index in [2.05, 4.69) is 27.6 Å². The van der Waals surface area contributed by atoms with Crippen LogP contribution in [0, 0.1) is 0 Å². The second-order valence-electron chi connectivity index (χ2n) is 6.80. The third-order valence-electron chi connectivity index (χ3n) is 5.69. The lowest BCUT2D eigenvalue weighted by Gasteiger charge is -2.47. The van der Waals surface area contributed by atoms with Crippen LogP contribution in [0.2, 0.25) is 0 Å². The zero-order valence-electron chi connectivity index (χ0n) is 13.4. The number of imidazole rings is 1. The van der Waals surface area contributed by atoms with Crippen LogP contribution in [0.1, 0.15) is 57.7 Å². The lowest BCUT2D eigenvalue weighted by molar-refractivity contribution is 0.0475. The number of aryl methyl sites for hydroxylation is 1. The number of nitrogens with two attached hydrogens (primary N) is 1. The normalized spacial score (nSPS) is 24.3. The molecular formula is C17H30N4. The van der Waals surface area contributed by atoms with Crippen molar-refractivity contribution in [1.29, 1.82) is 0 Å². The summed E-state index contributed by atoms with van der Waals surface area (Å²) in [4.78, 5) is 7.27. The van der Waals surface area contributed by atoms with E-state index >= 15 is 0 Å². The van der Waals surface area contributed by atoms with E-state index in [1.165, 1.54) is 58.0 Å². The Kier molecular flexibility index (Phi) is 4.65. The first-order valence-corrected chi connectivity index (χ1v) is 8.77. The minimum Gasteiger partial charge on any atom is -0.335 e. The number of likely N-dealkylation sites (tertiary alicyclic amines) is 1. The van der Waals surface area contributed by atoms with Gasteiger partial charge in [-0.1, -0.05) is 19.3 Å². The molecule has 1 unspecified atom stereocenters. The number of rotatable bonds is 5. The summed E-state index contributed by atoms with van der Waals surface area (Å²) < 4.78 is 2.23. The Morgan fingerprint density at radius 2 is 1.90 bits per heavy atom. The highest BCUT2D eigenvalue weighted by molar-refractivity contribution is 5.07. The zero-order chi connectivity index (χ0) is 14.7. The van der Waals surface area contributed by atoms with Gasteiger partial charge in [0.2, 0.25) is 0 Å². The molecule has 0 amide bonds. The smallest absolute Gasteiger partial charge is 0.110 e. The van der Waals surface area contributed by atoms with Crippen molar-refractivity contribution in [2.24, 2.45) is 5.73 Å². The molecule has 1 atom stereocenters. The van der Waals surface area contributed by atoms with Crippen LogP contribution in [-0.4, -0.2) is 39.1 Å². The second-order valence-corrected chi connectivity index (χ2v) is 6.80. The van der Waals surface area contributed by atoms with Gasteiger partial charge < -0.3 is 10.3 Å². The average Bonchev–Trinajstić information content (AvgIpc) is 3.17. The number of nitrogens with zero attached hydrogens (tertiary/aromatic N) is 3. The van der Waals surface area contributed by atoms with Crippen molar-refractivity contribution in [3.63, 3.8) is 0 Å². The first-order valence-electron chi connectivity index (χ1n) is 8.77. The molecule has 0 spiro atoms. The van der Waals surface area contributed by atoms with Crippen molar-refractivity contribution >= 4 is 0 Å². The van der Waals surface area contributed by atoms with Gasteiger partial charge in [0.1, 0.15) is 5.82 Å². The Morgan fingerprint density at radius 1 is 1.19 bits per heavy atom. The maximum atomic E-state index is 6.76. The monoisotopic (exact) mass is 290 g/mol. The summed E-state index contributed by atoms with van der Waals surface area (Å²) in [5, 5.41) is 0. The molecule has 1 aromatic rings. The molecule has 1 aromatic heterocycles. The third kappa shape index (κ3) is 2.88. The van der Waals surface area contributed by atoms with E-state index in [4.69, 9.17) is 5.73 Å². The van der Waals surface area contributed by atoms with E-state index in [9.17, 15) is 0 Å². The third-order valence-corrected chi connectivity index (χ3v) is 5.69. The summed E-state index contributed by atoms with van der Waals surface area (Å²) in [5.74, 6) is 1.16. The van der Waals surface area contributed by atoms with E-state index in [0.29, 0.717) is 0 Å². The Balaban J connectivity index is 1.76. The molecule has 4 nitrogen and oxygen atoms in total. The lowest BCUT2D eigenvalue weighted by atomic mass is 9.83. The highest BCUT2D eigenvalue weighted by atomic mass is 15.2. The van der Waals surface area contributed by atoms with Gasteiger partial charge in [-0.2, -0.15) is 0 Å². The van der Waals surface area contributed by atoms with Crippen LogP contribution in [0.15, 0.2) is 12.4 Å². The van der Waals surface area contributed by atoms with E-state index in [1.807, 2.05) is 6.20 Å². The Labute approximate surface area is 128 Å².